The predicted molar refractivity (Wildman–Crippen MR) is 162 cm³/mol. The SMILES string of the molecule is CC1(C)CC2CN1c1nc(N3CC/C(=N/COCCC4(C(F)(F)F)CC4)C3O)ccc1C(=O)NS(=O)(=O)c1ccn(n1)CCCN2. The van der Waals surface area contributed by atoms with Gasteiger partial charge in [0.2, 0.25) is 0 Å². The Morgan fingerprint density at radius 2 is 1.98 bits per heavy atom. The van der Waals surface area contributed by atoms with Crippen molar-refractivity contribution in [1.82, 2.24) is 24.8 Å². The number of pyridine rings is 1. The number of amides is 1. The maximum atomic E-state index is 13.5. The van der Waals surface area contributed by atoms with Crippen LogP contribution in [0.25, 0.3) is 0 Å². The molecule has 4 bridgehead atoms. The molecule has 1 amide bonds. The molecule has 3 fully saturated rings. The van der Waals surface area contributed by atoms with Gasteiger partial charge in [-0.1, -0.05) is 0 Å². The molecular weight excluding hydrogens is 629 g/mol. The average Bonchev–Trinajstić information content (AvgIpc) is 3.31. The summed E-state index contributed by atoms with van der Waals surface area (Å²) < 4.78 is 74.7. The second kappa shape index (κ2) is 12.1. The molecule has 17 heteroatoms. The molecule has 2 aromatic heterocycles. The van der Waals surface area contributed by atoms with E-state index in [2.05, 4.69) is 20.1 Å². The zero-order chi connectivity index (χ0) is 32.9. The average molecular weight is 669 g/mol. The summed E-state index contributed by atoms with van der Waals surface area (Å²) in [6, 6.07) is 4.47. The summed E-state index contributed by atoms with van der Waals surface area (Å²) in [6.45, 7) is 5.87. The van der Waals surface area contributed by atoms with Gasteiger partial charge in [-0.05, 0) is 70.7 Å². The lowest BCUT2D eigenvalue weighted by molar-refractivity contribution is -0.191. The number of carbonyl (C=O) groups excluding carboxylic acids is 1. The van der Waals surface area contributed by atoms with E-state index in [1.165, 1.54) is 16.8 Å². The van der Waals surface area contributed by atoms with Crippen LogP contribution in [0, 0.1) is 5.41 Å². The molecule has 1 saturated carbocycles. The van der Waals surface area contributed by atoms with Crippen LogP contribution in [0.2, 0.25) is 0 Å². The number of fused-ring (bicyclic) bond motifs is 6. The van der Waals surface area contributed by atoms with E-state index < -0.39 is 39.3 Å². The fourth-order valence-corrected chi connectivity index (χ4v) is 7.39. The highest BCUT2D eigenvalue weighted by molar-refractivity contribution is 7.90. The van der Waals surface area contributed by atoms with Gasteiger partial charge in [0.1, 0.15) is 18.4 Å². The monoisotopic (exact) mass is 668 g/mol. The van der Waals surface area contributed by atoms with Gasteiger partial charge in [-0.2, -0.15) is 26.7 Å². The van der Waals surface area contributed by atoms with E-state index in [4.69, 9.17) is 9.72 Å². The molecule has 0 spiro atoms. The van der Waals surface area contributed by atoms with Crippen LogP contribution in [0.1, 0.15) is 62.7 Å². The third-order valence-electron chi connectivity index (χ3n) is 9.39. The van der Waals surface area contributed by atoms with Crippen LogP contribution in [-0.2, 0) is 21.3 Å². The fourth-order valence-electron chi connectivity index (χ4n) is 6.48. The number of aliphatic imine (C=N–C) groups is 1. The van der Waals surface area contributed by atoms with Crippen molar-refractivity contribution in [3.8, 4) is 0 Å². The van der Waals surface area contributed by atoms with Crippen LogP contribution in [0.4, 0.5) is 24.8 Å². The number of ether oxygens (including phenoxy) is 1. The minimum atomic E-state index is -4.26. The normalized spacial score (nSPS) is 26.4. The predicted octanol–water partition coefficient (Wildman–Crippen LogP) is 2.42. The zero-order valence-electron chi connectivity index (χ0n) is 25.8. The topological polar surface area (TPSA) is 154 Å². The molecule has 3 N–H and O–H groups in total. The van der Waals surface area contributed by atoms with E-state index in [-0.39, 0.29) is 55.0 Å². The van der Waals surface area contributed by atoms with E-state index in [1.54, 1.807) is 17.2 Å². The number of aliphatic hydroxyl groups is 1. The van der Waals surface area contributed by atoms with E-state index in [1.807, 2.05) is 18.7 Å². The van der Waals surface area contributed by atoms with E-state index in [0.717, 1.165) is 12.8 Å². The van der Waals surface area contributed by atoms with Gasteiger partial charge in [0.25, 0.3) is 15.9 Å². The number of halogens is 3. The van der Waals surface area contributed by atoms with Crippen molar-refractivity contribution in [3.63, 3.8) is 0 Å². The lowest BCUT2D eigenvalue weighted by atomic mass is 9.99. The van der Waals surface area contributed by atoms with Crippen molar-refractivity contribution in [3.05, 3.63) is 30.0 Å². The largest absolute Gasteiger partial charge is 0.394 e. The lowest BCUT2D eigenvalue weighted by Crippen LogP contribution is -2.42. The number of hydrogen-bond donors (Lipinski definition) is 3. The van der Waals surface area contributed by atoms with Gasteiger partial charge >= 0.3 is 6.18 Å². The summed E-state index contributed by atoms with van der Waals surface area (Å²) in [6.07, 6.45) is -1.87. The molecule has 3 aliphatic heterocycles. The Hall–Kier alpha value is -3.28. The molecule has 2 saturated heterocycles. The van der Waals surface area contributed by atoms with Crippen molar-refractivity contribution < 1.29 is 36.2 Å². The van der Waals surface area contributed by atoms with Crippen LogP contribution < -0.4 is 19.8 Å². The number of rotatable bonds is 6. The Morgan fingerprint density at radius 1 is 1.20 bits per heavy atom. The van der Waals surface area contributed by atoms with Crippen LogP contribution in [0.5, 0.6) is 0 Å². The van der Waals surface area contributed by atoms with Gasteiger partial charge in [0, 0.05) is 50.4 Å². The summed E-state index contributed by atoms with van der Waals surface area (Å²) in [7, 11) is -4.26. The first-order chi connectivity index (χ1) is 21.7. The Labute approximate surface area is 265 Å². The van der Waals surface area contributed by atoms with Crippen molar-refractivity contribution in [2.75, 3.05) is 42.8 Å². The number of aromatic nitrogens is 3. The van der Waals surface area contributed by atoms with Crippen LogP contribution in [-0.4, -0.2) is 96.9 Å². The standard InChI is InChI=1S/C29H39F3N8O5S/c1-27(2)16-19-17-40(27)24-20(25(41)37-46(43,44)23-7-13-38(36-23)12-3-11-33-19)4-5-22(35-24)39-14-6-21(26(39)42)34-18-45-15-10-28(8-9-28)29(30,31)32/h4-5,7,13,19,26,33,42H,3,6,8-12,14-18H2,1-2H3,(H,37,41)/b34-21-. The smallest absolute Gasteiger partial charge is 0.368 e. The van der Waals surface area contributed by atoms with Crippen LogP contribution >= 0.6 is 0 Å². The molecule has 46 heavy (non-hydrogen) atoms. The van der Waals surface area contributed by atoms with Gasteiger partial charge in [-0.15, -0.1) is 0 Å². The highest BCUT2D eigenvalue weighted by atomic mass is 32.2. The first-order valence-corrected chi connectivity index (χ1v) is 16.9. The maximum Gasteiger partial charge on any atom is 0.394 e. The number of sulfonamides is 1. The van der Waals surface area contributed by atoms with Gasteiger partial charge in [-0.25, -0.2) is 9.71 Å². The number of aryl methyl sites for hydroxylation is 1. The molecule has 13 nitrogen and oxygen atoms in total. The molecule has 252 valence electrons. The summed E-state index contributed by atoms with van der Waals surface area (Å²) >= 11 is 0. The van der Waals surface area contributed by atoms with Gasteiger partial charge < -0.3 is 25.0 Å². The van der Waals surface area contributed by atoms with Gasteiger partial charge in [0.05, 0.1) is 16.7 Å². The first-order valence-electron chi connectivity index (χ1n) is 15.4. The van der Waals surface area contributed by atoms with E-state index in [9.17, 15) is 31.5 Å². The Kier molecular flexibility index (Phi) is 8.56. The number of carbonyl (C=O) groups is 1. The molecule has 0 aromatic carbocycles. The lowest BCUT2D eigenvalue weighted by Gasteiger charge is -2.34. The van der Waals surface area contributed by atoms with E-state index in [0.29, 0.717) is 44.1 Å². The molecule has 0 radical (unpaired) electrons. The quantitative estimate of drug-likeness (QED) is 0.391. The molecule has 1 aliphatic carbocycles. The molecular formula is C29H39F3N8O5S. The number of nitrogens with zero attached hydrogens (tertiary/aromatic N) is 6. The minimum Gasteiger partial charge on any atom is -0.368 e. The third-order valence-corrected chi connectivity index (χ3v) is 10.6. The van der Waals surface area contributed by atoms with Crippen molar-refractivity contribution in [1.29, 1.82) is 0 Å². The fraction of sp³-hybridized carbons (Fsp3) is 0.655. The number of aliphatic hydroxyl groups excluding tert-OH is 1. The highest BCUT2D eigenvalue weighted by Crippen LogP contribution is 2.59. The van der Waals surface area contributed by atoms with Crippen LogP contribution in [0.3, 0.4) is 0 Å². The summed E-state index contributed by atoms with van der Waals surface area (Å²) in [5.41, 5.74) is -1.62. The molecule has 4 aliphatic rings. The number of nitrogens with one attached hydrogen (secondary N) is 2. The van der Waals surface area contributed by atoms with E-state index >= 15 is 0 Å². The van der Waals surface area contributed by atoms with Crippen molar-refractivity contribution in [2.45, 2.75) is 87.9 Å². The first kappa shape index (κ1) is 32.7. The zero-order valence-corrected chi connectivity index (χ0v) is 26.6. The number of hydrogen-bond acceptors (Lipinski definition) is 11. The number of alkyl halides is 3. The summed E-state index contributed by atoms with van der Waals surface area (Å²) in [5.74, 6) is -0.220. The molecule has 2 unspecified atom stereocenters. The Morgan fingerprint density at radius 3 is 2.72 bits per heavy atom. The molecule has 5 heterocycles. The van der Waals surface area contributed by atoms with Gasteiger partial charge in [-0.3, -0.25) is 14.5 Å². The second-order valence-electron chi connectivity index (χ2n) is 13.1. The van der Waals surface area contributed by atoms with Crippen molar-refractivity contribution >= 4 is 33.3 Å². The highest BCUT2D eigenvalue weighted by Gasteiger charge is 2.62. The molecule has 2 aromatic rings. The van der Waals surface area contributed by atoms with Crippen LogP contribution in [0.15, 0.2) is 34.4 Å². The molecule has 6 rings (SSSR count). The molecule has 2 atom stereocenters. The maximum absolute atomic E-state index is 13.5. The van der Waals surface area contributed by atoms with Crippen molar-refractivity contribution in [2.24, 2.45) is 10.4 Å². The number of anilines is 2. The minimum absolute atomic E-state index is 0.0543. The second-order valence-corrected chi connectivity index (χ2v) is 14.7. The third kappa shape index (κ3) is 6.46. The Bertz CT molecular complexity index is 1610. The van der Waals surface area contributed by atoms with Gasteiger partial charge in [0.15, 0.2) is 11.3 Å². The summed E-state index contributed by atoms with van der Waals surface area (Å²) in [4.78, 5) is 26.2. The summed E-state index contributed by atoms with van der Waals surface area (Å²) in [5, 5.41) is 18.5. The Balaban J connectivity index is 1.22.